The number of likely N-dealkylation sites (N-methyl/N-ethyl adjacent to an activating group) is 1. The third-order valence-electron chi connectivity index (χ3n) is 4.35. The van der Waals surface area contributed by atoms with Gasteiger partial charge in [0.05, 0.1) is 11.4 Å². The molecule has 0 aromatic heterocycles. The highest BCUT2D eigenvalue weighted by Crippen LogP contribution is 2.29. The van der Waals surface area contributed by atoms with Gasteiger partial charge in [0.15, 0.2) is 0 Å². The molecule has 0 unspecified atom stereocenters. The largest absolute Gasteiger partial charge is 0.367 e. The maximum Gasteiger partial charge on any atom is 0.253 e. The predicted octanol–water partition coefficient (Wildman–Crippen LogP) is 1.65. The first kappa shape index (κ1) is 18.0. The number of carbonyl (C=O) groups is 2. The molecule has 1 saturated heterocycles. The van der Waals surface area contributed by atoms with E-state index in [1.807, 2.05) is 13.0 Å². The molecule has 0 radical (unpaired) electrons. The molecule has 0 saturated carbocycles. The van der Waals surface area contributed by atoms with Gasteiger partial charge in [0.2, 0.25) is 5.91 Å². The lowest BCUT2D eigenvalue weighted by Gasteiger charge is -2.35. The Morgan fingerprint density at radius 1 is 1.29 bits per heavy atom. The molecule has 0 aliphatic carbocycles. The monoisotopic (exact) mass is 330 g/mol. The van der Waals surface area contributed by atoms with Crippen LogP contribution in [0.25, 0.3) is 0 Å². The van der Waals surface area contributed by atoms with E-state index < -0.39 is 0 Å². The molecule has 2 rings (SSSR count). The van der Waals surface area contributed by atoms with Crippen molar-refractivity contribution in [1.29, 1.82) is 0 Å². The molecule has 24 heavy (non-hydrogen) atoms. The number of amides is 2. The van der Waals surface area contributed by atoms with Crippen molar-refractivity contribution >= 4 is 23.2 Å². The molecule has 2 amide bonds. The quantitative estimate of drug-likeness (QED) is 0.834. The molecular weight excluding hydrogens is 304 g/mol. The summed E-state index contributed by atoms with van der Waals surface area (Å²) in [6, 6.07) is 5.43. The molecule has 1 aromatic rings. The molecule has 1 aromatic carbocycles. The molecule has 1 N–H and O–H groups in total. The Morgan fingerprint density at radius 2 is 1.96 bits per heavy atom. The predicted molar refractivity (Wildman–Crippen MR) is 97.6 cm³/mol. The molecule has 6 nitrogen and oxygen atoms in total. The summed E-state index contributed by atoms with van der Waals surface area (Å²) < 4.78 is 0. The molecule has 130 valence electrons. The van der Waals surface area contributed by atoms with Gasteiger partial charge in [0.25, 0.3) is 5.91 Å². The zero-order valence-electron chi connectivity index (χ0n) is 14.7. The van der Waals surface area contributed by atoms with Crippen molar-refractivity contribution in [2.45, 2.75) is 6.92 Å². The molecule has 0 spiro atoms. The maximum atomic E-state index is 12.4. The van der Waals surface area contributed by atoms with Gasteiger partial charge in [-0.3, -0.25) is 9.59 Å². The fourth-order valence-corrected chi connectivity index (χ4v) is 2.63. The lowest BCUT2D eigenvalue weighted by molar-refractivity contribution is -0.111. The van der Waals surface area contributed by atoms with Crippen LogP contribution in [0, 0.1) is 0 Å². The normalized spacial score (nSPS) is 15.0. The van der Waals surface area contributed by atoms with Crippen LogP contribution in [0.2, 0.25) is 0 Å². The Kier molecular flexibility index (Phi) is 5.98. The molecule has 1 aliphatic heterocycles. The van der Waals surface area contributed by atoms with Gasteiger partial charge in [-0.25, -0.2) is 0 Å². The third kappa shape index (κ3) is 4.14. The second-order valence-corrected chi connectivity index (χ2v) is 6.03. The average Bonchev–Trinajstić information content (AvgIpc) is 2.61. The zero-order chi connectivity index (χ0) is 17.7. The number of hydrogen-bond donors (Lipinski definition) is 1. The third-order valence-corrected chi connectivity index (χ3v) is 4.35. The minimum Gasteiger partial charge on any atom is -0.367 e. The first-order valence-electron chi connectivity index (χ1n) is 8.22. The van der Waals surface area contributed by atoms with E-state index in [0.29, 0.717) is 17.8 Å². The number of rotatable bonds is 5. The lowest BCUT2D eigenvalue weighted by atomic mass is 10.1. The Hall–Kier alpha value is -2.34. The van der Waals surface area contributed by atoms with Crippen LogP contribution in [-0.2, 0) is 4.79 Å². The number of nitrogens with zero attached hydrogens (tertiary/aromatic N) is 3. The fraction of sp³-hybridized carbons (Fsp3) is 0.444. The number of hydrogen-bond acceptors (Lipinski definition) is 4. The highest BCUT2D eigenvalue weighted by Gasteiger charge is 2.20. The Bertz CT molecular complexity index is 621. The van der Waals surface area contributed by atoms with Crippen LogP contribution in [0.3, 0.4) is 0 Å². The van der Waals surface area contributed by atoms with Crippen LogP contribution in [0.15, 0.2) is 30.9 Å². The average molecular weight is 330 g/mol. The van der Waals surface area contributed by atoms with E-state index in [4.69, 9.17) is 0 Å². The van der Waals surface area contributed by atoms with Crippen LogP contribution in [0.1, 0.15) is 17.3 Å². The van der Waals surface area contributed by atoms with Gasteiger partial charge in [0.1, 0.15) is 0 Å². The number of anilines is 2. The van der Waals surface area contributed by atoms with Crippen LogP contribution in [0.5, 0.6) is 0 Å². The summed E-state index contributed by atoms with van der Waals surface area (Å²) in [5.74, 6) is -0.274. The van der Waals surface area contributed by atoms with Gasteiger partial charge in [-0.2, -0.15) is 0 Å². The molecule has 0 bridgehead atoms. The first-order valence-corrected chi connectivity index (χ1v) is 8.22. The number of piperazine rings is 1. The lowest BCUT2D eigenvalue weighted by Crippen LogP contribution is -2.44. The minimum absolute atomic E-state index is 0.0190. The first-order chi connectivity index (χ1) is 11.5. The van der Waals surface area contributed by atoms with Crippen LogP contribution < -0.4 is 10.2 Å². The van der Waals surface area contributed by atoms with Gasteiger partial charge in [-0.15, -0.1) is 0 Å². The van der Waals surface area contributed by atoms with E-state index in [0.717, 1.165) is 31.9 Å². The van der Waals surface area contributed by atoms with Crippen molar-refractivity contribution < 1.29 is 9.59 Å². The smallest absolute Gasteiger partial charge is 0.253 e. The standard InChI is InChI=1S/C18H26N4O2/c1-5-17(23)19-15-8-7-14(18(24)21(4)6-2)13-16(15)22-11-9-20(3)10-12-22/h5,7-8,13H,1,6,9-12H2,2-4H3,(H,19,23). The fourth-order valence-electron chi connectivity index (χ4n) is 2.63. The topological polar surface area (TPSA) is 55.9 Å². The van der Waals surface area contributed by atoms with Gasteiger partial charge < -0.3 is 20.0 Å². The van der Waals surface area contributed by atoms with Crippen LogP contribution in [0.4, 0.5) is 11.4 Å². The minimum atomic E-state index is -0.255. The van der Waals surface area contributed by atoms with Gasteiger partial charge >= 0.3 is 0 Å². The highest BCUT2D eigenvalue weighted by atomic mass is 16.2. The molecule has 0 atom stereocenters. The summed E-state index contributed by atoms with van der Waals surface area (Å²) in [5, 5.41) is 2.84. The van der Waals surface area contributed by atoms with Gasteiger partial charge in [-0.05, 0) is 38.2 Å². The van der Waals surface area contributed by atoms with Crippen molar-refractivity contribution in [3.8, 4) is 0 Å². The Labute approximate surface area is 143 Å². The van der Waals surface area contributed by atoms with E-state index in [2.05, 4.69) is 28.7 Å². The van der Waals surface area contributed by atoms with Crippen LogP contribution in [-0.4, -0.2) is 68.4 Å². The van der Waals surface area contributed by atoms with Crippen molar-refractivity contribution in [1.82, 2.24) is 9.80 Å². The summed E-state index contributed by atoms with van der Waals surface area (Å²) in [7, 11) is 3.87. The molecule has 6 heteroatoms. The number of carbonyl (C=O) groups excluding carboxylic acids is 2. The SMILES string of the molecule is C=CC(=O)Nc1ccc(C(=O)N(C)CC)cc1N1CCN(C)CC1. The summed E-state index contributed by atoms with van der Waals surface area (Å²) in [6.45, 7) is 9.69. The second kappa shape index (κ2) is 7.97. The van der Waals surface area contributed by atoms with Gasteiger partial charge in [0, 0.05) is 45.3 Å². The van der Waals surface area contributed by atoms with Crippen molar-refractivity contribution in [3.05, 3.63) is 36.4 Å². The van der Waals surface area contributed by atoms with Crippen molar-refractivity contribution in [2.24, 2.45) is 0 Å². The molecule has 1 heterocycles. The summed E-state index contributed by atoms with van der Waals surface area (Å²) in [4.78, 5) is 30.3. The number of benzene rings is 1. The number of nitrogens with one attached hydrogen (secondary N) is 1. The van der Waals surface area contributed by atoms with E-state index >= 15 is 0 Å². The van der Waals surface area contributed by atoms with E-state index in [1.54, 1.807) is 24.1 Å². The zero-order valence-corrected chi connectivity index (χ0v) is 14.7. The second-order valence-electron chi connectivity index (χ2n) is 6.03. The van der Waals surface area contributed by atoms with E-state index in [9.17, 15) is 9.59 Å². The Morgan fingerprint density at radius 3 is 2.54 bits per heavy atom. The Balaban J connectivity index is 2.35. The molecular formula is C18H26N4O2. The van der Waals surface area contributed by atoms with Crippen LogP contribution >= 0.6 is 0 Å². The maximum absolute atomic E-state index is 12.4. The highest BCUT2D eigenvalue weighted by molar-refractivity contribution is 6.03. The summed E-state index contributed by atoms with van der Waals surface area (Å²) in [5.41, 5.74) is 2.22. The molecule has 1 fully saturated rings. The van der Waals surface area contributed by atoms with E-state index in [-0.39, 0.29) is 11.8 Å². The van der Waals surface area contributed by atoms with Crippen molar-refractivity contribution in [2.75, 3.05) is 57.0 Å². The van der Waals surface area contributed by atoms with Crippen molar-refractivity contribution in [3.63, 3.8) is 0 Å². The summed E-state index contributed by atoms with van der Waals surface area (Å²) in [6.07, 6.45) is 1.25. The molecule has 1 aliphatic rings. The summed E-state index contributed by atoms with van der Waals surface area (Å²) >= 11 is 0. The van der Waals surface area contributed by atoms with Gasteiger partial charge in [-0.1, -0.05) is 6.58 Å². The van der Waals surface area contributed by atoms with E-state index in [1.165, 1.54) is 6.08 Å².